The summed E-state index contributed by atoms with van der Waals surface area (Å²) in [6, 6.07) is 4.16. The Balaban J connectivity index is 2.29. The van der Waals surface area contributed by atoms with Crippen molar-refractivity contribution in [1.29, 1.82) is 0 Å². The molecule has 0 aliphatic carbocycles. The Morgan fingerprint density at radius 2 is 1.81 bits per heavy atom. The molecule has 2 heterocycles. The van der Waals surface area contributed by atoms with Crippen molar-refractivity contribution < 1.29 is 13.2 Å². The number of likely N-dealkylation sites (N-methyl/N-ethyl adjacent to an activating group) is 1. The molecule has 1 aromatic carbocycles. The van der Waals surface area contributed by atoms with Gasteiger partial charge in [-0.15, -0.1) is 0 Å². The highest BCUT2D eigenvalue weighted by Gasteiger charge is 2.41. The summed E-state index contributed by atoms with van der Waals surface area (Å²) in [5, 5.41) is 4.32. The van der Waals surface area contributed by atoms with Gasteiger partial charge in [-0.05, 0) is 60.0 Å². The minimum absolute atomic E-state index is 0.117. The lowest BCUT2D eigenvalue weighted by atomic mass is 9.80. The molecule has 3 rings (SSSR count). The zero-order chi connectivity index (χ0) is 19.5. The molecule has 144 valence electrons. The first-order valence-corrected chi connectivity index (χ1v) is 8.99. The van der Waals surface area contributed by atoms with E-state index in [1.165, 1.54) is 12.1 Å². The molecular weight excluding hydrogens is 339 g/mol. The van der Waals surface area contributed by atoms with Gasteiger partial charge in [-0.1, -0.05) is 0 Å². The largest absolute Gasteiger partial charge is 0.416 e. The molecule has 0 saturated heterocycles. The second-order valence-corrected chi connectivity index (χ2v) is 8.82. The van der Waals surface area contributed by atoms with Crippen molar-refractivity contribution in [3.05, 3.63) is 35.0 Å². The second kappa shape index (κ2) is 5.99. The van der Waals surface area contributed by atoms with Crippen LogP contribution in [0.5, 0.6) is 0 Å². The summed E-state index contributed by atoms with van der Waals surface area (Å²) in [5.41, 5.74) is 1.93. The van der Waals surface area contributed by atoms with Crippen LogP contribution in [0.4, 0.5) is 13.2 Å². The quantitative estimate of drug-likeness (QED) is 0.869. The van der Waals surface area contributed by atoms with Gasteiger partial charge in [-0.2, -0.15) is 13.2 Å². The summed E-state index contributed by atoms with van der Waals surface area (Å²) in [4.78, 5) is 2.10. The Morgan fingerprint density at radius 3 is 2.38 bits per heavy atom. The van der Waals surface area contributed by atoms with Crippen molar-refractivity contribution in [3.63, 3.8) is 0 Å². The van der Waals surface area contributed by atoms with E-state index < -0.39 is 17.3 Å². The van der Waals surface area contributed by atoms with Crippen molar-refractivity contribution >= 4 is 10.9 Å². The van der Waals surface area contributed by atoms with Gasteiger partial charge in [0.15, 0.2) is 0 Å². The third-order valence-corrected chi connectivity index (χ3v) is 5.15. The Hall–Kier alpha value is -1.53. The van der Waals surface area contributed by atoms with Gasteiger partial charge >= 0.3 is 6.18 Å². The predicted octanol–water partition coefficient (Wildman–Crippen LogP) is 4.38. The van der Waals surface area contributed by atoms with E-state index in [1.807, 2.05) is 14.1 Å². The first-order valence-electron chi connectivity index (χ1n) is 8.99. The van der Waals surface area contributed by atoms with Crippen LogP contribution in [0.3, 0.4) is 0 Å². The minimum atomic E-state index is -4.34. The number of hydrogen-bond donors (Lipinski definition) is 1. The smallest absolute Gasteiger partial charge is 0.343 e. The highest BCUT2D eigenvalue weighted by molar-refractivity contribution is 5.88. The molecule has 1 aliphatic heterocycles. The molecule has 6 heteroatoms. The van der Waals surface area contributed by atoms with Crippen LogP contribution >= 0.6 is 0 Å². The van der Waals surface area contributed by atoms with Crippen LogP contribution < -0.4 is 5.32 Å². The summed E-state index contributed by atoms with van der Waals surface area (Å²) in [6.07, 6.45) is -3.55. The van der Waals surface area contributed by atoms with Crippen LogP contribution in [0.25, 0.3) is 10.9 Å². The fourth-order valence-electron chi connectivity index (χ4n) is 4.39. The van der Waals surface area contributed by atoms with E-state index in [9.17, 15) is 13.2 Å². The fourth-order valence-corrected chi connectivity index (χ4v) is 4.39. The van der Waals surface area contributed by atoms with E-state index in [4.69, 9.17) is 0 Å². The minimum Gasteiger partial charge on any atom is -0.343 e. The second-order valence-electron chi connectivity index (χ2n) is 8.82. The lowest BCUT2D eigenvalue weighted by molar-refractivity contribution is -0.137. The lowest BCUT2D eigenvalue weighted by Gasteiger charge is -2.43. The maximum atomic E-state index is 13.3. The molecule has 26 heavy (non-hydrogen) atoms. The molecule has 1 aromatic heterocycles. The van der Waals surface area contributed by atoms with Crippen molar-refractivity contribution in [1.82, 2.24) is 14.8 Å². The highest BCUT2D eigenvalue weighted by atomic mass is 19.4. The van der Waals surface area contributed by atoms with Gasteiger partial charge < -0.3 is 14.8 Å². The number of aromatic nitrogens is 1. The van der Waals surface area contributed by atoms with E-state index in [-0.39, 0.29) is 5.54 Å². The molecule has 0 fully saturated rings. The topological polar surface area (TPSA) is 20.2 Å². The maximum absolute atomic E-state index is 13.3. The summed E-state index contributed by atoms with van der Waals surface area (Å²) >= 11 is 0. The Bertz CT molecular complexity index is 829. The third kappa shape index (κ3) is 3.37. The lowest BCUT2D eigenvalue weighted by Crippen LogP contribution is -2.55. The molecule has 0 bridgehead atoms. The van der Waals surface area contributed by atoms with Crippen LogP contribution in [-0.4, -0.2) is 35.6 Å². The molecule has 0 saturated carbocycles. The molecule has 0 radical (unpaired) electrons. The van der Waals surface area contributed by atoms with Gasteiger partial charge in [-0.25, -0.2) is 0 Å². The highest BCUT2D eigenvalue weighted by Crippen LogP contribution is 2.42. The van der Waals surface area contributed by atoms with Crippen LogP contribution in [0, 0.1) is 0 Å². The number of rotatable bonds is 3. The van der Waals surface area contributed by atoms with E-state index in [2.05, 4.69) is 42.5 Å². The summed E-state index contributed by atoms with van der Waals surface area (Å²) < 4.78 is 42.1. The third-order valence-electron chi connectivity index (χ3n) is 5.15. The average molecular weight is 367 g/mol. The van der Waals surface area contributed by atoms with Crippen molar-refractivity contribution in [2.24, 2.45) is 0 Å². The first kappa shape index (κ1) is 19.2. The Labute approximate surface area is 153 Å². The number of alkyl halides is 3. The molecule has 1 aliphatic rings. The normalized spacial score (nSPS) is 19.2. The number of nitrogens with one attached hydrogen (secondary N) is 1. The van der Waals surface area contributed by atoms with Gasteiger partial charge in [0.2, 0.25) is 0 Å². The molecule has 0 unspecified atom stereocenters. The van der Waals surface area contributed by atoms with Gasteiger partial charge in [0.25, 0.3) is 0 Å². The Morgan fingerprint density at radius 1 is 1.15 bits per heavy atom. The zero-order valence-corrected chi connectivity index (χ0v) is 16.4. The van der Waals surface area contributed by atoms with Gasteiger partial charge in [0.05, 0.1) is 5.56 Å². The van der Waals surface area contributed by atoms with E-state index in [1.54, 1.807) is 6.07 Å². The molecule has 2 aromatic rings. The molecule has 3 nitrogen and oxygen atoms in total. The molecule has 0 amide bonds. The summed E-state index contributed by atoms with van der Waals surface area (Å²) in [7, 11) is 4.02. The molecule has 1 N–H and O–H groups in total. The number of fused-ring (bicyclic) bond motifs is 3. The van der Waals surface area contributed by atoms with Crippen molar-refractivity contribution in [2.45, 2.75) is 57.9 Å². The van der Waals surface area contributed by atoms with Gasteiger partial charge in [0, 0.05) is 52.7 Å². The SMILES string of the molecule is CN(C)CCn1c2c(c3cc(C(F)(F)F)ccc31)C(C)(C)NC(C)(C)C2. The number of nitrogens with zero attached hydrogens (tertiary/aromatic N) is 2. The monoisotopic (exact) mass is 367 g/mol. The summed E-state index contributed by atoms with van der Waals surface area (Å²) in [6.45, 7) is 10.0. The molecular formula is C20H28F3N3. The van der Waals surface area contributed by atoms with Crippen LogP contribution in [0.15, 0.2) is 18.2 Å². The Kier molecular flexibility index (Phi) is 4.43. The standard InChI is InChI=1S/C20H28F3N3/c1-18(2)12-16-17(19(3,4)24-18)14-11-13(20(21,22)23)7-8-15(14)26(16)10-9-25(5)6/h7-8,11,24H,9-10,12H2,1-6H3. The van der Waals surface area contributed by atoms with Crippen LogP contribution in [0.1, 0.15) is 44.5 Å². The van der Waals surface area contributed by atoms with E-state index in [0.717, 1.165) is 36.3 Å². The molecule has 0 atom stereocenters. The van der Waals surface area contributed by atoms with Crippen LogP contribution in [0.2, 0.25) is 0 Å². The van der Waals surface area contributed by atoms with Gasteiger partial charge in [-0.3, -0.25) is 0 Å². The van der Waals surface area contributed by atoms with Gasteiger partial charge in [0.1, 0.15) is 0 Å². The van der Waals surface area contributed by atoms with Crippen molar-refractivity contribution in [2.75, 3.05) is 20.6 Å². The van der Waals surface area contributed by atoms with Crippen LogP contribution in [-0.2, 0) is 24.7 Å². The number of halogens is 3. The fraction of sp³-hybridized carbons (Fsp3) is 0.600. The van der Waals surface area contributed by atoms with E-state index >= 15 is 0 Å². The predicted molar refractivity (Wildman–Crippen MR) is 99.4 cm³/mol. The zero-order valence-electron chi connectivity index (χ0n) is 16.4. The number of benzene rings is 1. The maximum Gasteiger partial charge on any atom is 0.416 e. The average Bonchev–Trinajstić information content (AvgIpc) is 2.74. The first-order chi connectivity index (χ1) is 11.8. The van der Waals surface area contributed by atoms with E-state index in [0.29, 0.717) is 5.39 Å². The summed E-state index contributed by atoms with van der Waals surface area (Å²) in [5.74, 6) is 0. The molecule has 0 spiro atoms. The number of hydrogen-bond acceptors (Lipinski definition) is 2. The van der Waals surface area contributed by atoms with Crippen molar-refractivity contribution in [3.8, 4) is 0 Å².